The predicted molar refractivity (Wildman–Crippen MR) is 100 cm³/mol. The van der Waals surface area contributed by atoms with Crippen molar-refractivity contribution in [1.29, 1.82) is 5.26 Å². The number of nitriles is 1. The maximum atomic E-state index is 12.1. The van der Waals surface area contributed by atoms with Crippen LogP contribution in [0, 0.1) is 11.3 Å². The Morgan fingerprint density at radius 3 is 2.69 bits per heavy atom. The van der Waals surface area contributed by atoms with Crippen LogP contribution in [0.4, 0.5) is 0 Å². The summed E-state index contributed by atoms with van der Waals surface area (Å²) >= 11 is 1.11. The van der Waals surface area contributed by atoms with E-state index in [1.165, 1.54) is 0 Å². The van der Waals surface area contributed by atoms with E-state index in [4.69, 9.17) is 10.00 Å². The number of benzene rings is 1. The molecule has 0 aliphatic heterocycles. The van der Waals surface area contributed by atoms with Crippen molar-refractivity contribution in [2.45, 2.75) is 31.7 Å². The van der Waals surface area contributed by atoms with Gasteiger partial charge in [0, 0.05) is 18.6 Å². The second kappa shape index (κ2) is 12.7. The molecule has 0 unspecified atom stereocenters. The number of ether oxygens (including phenoxy) is 1. The molecule has 0 aromatic heterocycles. The molecule has 0 aliphatic carbocycles. The molecule has 1 aromatic rings. The molecule has 0 fully saturated rings. The van der Waals surface area contributed by atoms with Gasteiger partial charge in [-0.05, 0) is 18.4 Å². The molecule has 1 aromatic carbocycles. The number of hydrogen-bond donors (Lipinski definition) is 1. The van der Waals surface area contributed by atoms with Crippen LogP contribution in [0.15, 0.2) is 43.0 Å². The number of nitrogens with one attached hydrogen (secondary N) is 1. The summed E-state index contributed by atoms with van der Waals surface area (Å²) in [5.74, 6) is -0.575. The summed E-state index contributed by atoms with van der Waals surface area (Å²) in [6, 6.07) is 10.3. The van der Waals surface area contributed by atoms with Gasteiger partial charge in [0.25, 0.3) is 0 Å². The van der Waals surface area contributed by atoms with Crippen molar-refractivity contribution < 1.29 is 19.1 Å². The van der Waals surface area contributed by atoms with Crippen LogP contribution >= 0.6 is 11.8 Å². The van der Waals surface area contributed by atoms with Crippen molar-refractivity contribution in [2.24, 2.45) is 0 Å². The van der Waals surface area contributed by atoms with Crippen molar-refractivity contribution in [3.05, 3.63) is 48.6 Å². The second-order valence-electron chi connectivity index (χ2n) is 5.37. The Hall–Kier alpha value is -2.59. The molecule has 6 nitrogen and oxygen atoms in total. The number of amides is 1. The predicted octanol–water partition coefficient (Wildman–Crippen LogP) is 2.40. The Kier molecular flexibility index (Phi) is 10.5. The average Bonchev–Trinajstić information content (AvgIpc) is 2.64. The summed E-state index contributed by atoms with van der Waals surface area (Å²) in [5.41, 5.74) is 1.12. The molecule has 0 aliphatic rings. The number of carbonyl (C=O) groups is 3. The molecule has 138 valence electrons. The average molecular weight is 374 g/mol. The van der Waals surface area contributed by atoms with Gasteiger partial charge in [0.15, 0.2) is 11.7 Å². The third-order valence-corrected chi connectivity index (χ3v) is 4.24. The minimum atomic E-state index is -1.09. The molecule has 0 saturated heterocycles. The molecular formula is C19H22N2O4S. The van der Waals surface area contributed by atoms with E-state index in [0.29, 0.717) is 12.2 Å². The van der Waals surface area contributed by atoms with Gasteiger partial charge in [0.05, 0.1) is 0 Å². The van der Waals surface area contributed by atoms with E-state index in [2.05, 4.69) is 11.9 Å². The summed E-state index contributed by atoms with van der Waals surface area (Å²) in [6.07, 6.45) is 2.77. The van der Waals surface area contributed by atoms with Gasteiger partial charge in [-0.25, -0.2) is 4.79 Å². The van der Waals surface area contributed by atoms with Crippen LogP contribution in [0.1, 0.15) is 24.8 Å². The molecule has 0 radical (unpaired) electrons. The lowest BCUT2D eigenvalue weighted by Gasteiger charge is -2.16. The van der Waals surface area contributed by atoms with Gasteiger partial charge < -0.3 is 10.1 Å². The molecule has 7 heteroatoms. The van der Waals surface area contributed by atoms with Crippen LogP contribution in [0.25, 0.3) is 0 Å². The van der Waals surface area contributed by atoms with Crippen LogP contribution in [0.3, 0.4) is 0 Å². The molecule has 26 heavy (non-hydrogen) atoms. The van der Waals surface area contributed by atoms with Gasteiger partial charge in [-0.1, -0.05) is 48.2 Å². The number of nitrogens with zero attached hydrogens (tertiary/aromatic N) is 1. The number of rotatable bonds is 11. The highest BCUT2D eigenvalue weighted by atomic mass is 32.2. The molecule has 0 saturated carbocycles. The molecular weight excluding hydrogens is 352 g/mol. The Labute approximate surface area is 157 Å². The number of aryl methyl sites for hydroxylation is 1. The summed E-state index contributed by atoms with van der Waals surface area (Å²) in [7, 11) is 0. The molecule has 1 atom stereocenters. The van der Waals surface area contributed by atoms with Crippen molar-refractivity contribution in [3.63, 3.8) is 0 Å². The minimum absolute atomic E-state index is 0.168. The summed E-state index contributed by atoms with van der Waals surface area (Å²) in [5, 5.41) is 10.8. The van der Waals surface area contributed by atoms with E-state index in [0.717, 1.165) is 23.7 Å². The second-order valence-corrected chi connectivity index (χ2v) is 6.53. The fraction of sp³-hybridized carbons (Fsp3) is 0.368. The first-order valence-electron chi connectivity index (χ1n) is 8.20. The van der Waals surface area contributed by atoms with Crippen LogP contribution in [0.2, 0.25) is 0 Å². The molecule has 1 amide bonds. The fourth-order valence-corrected chi connectivity index (χ4v) is 2.90. The zero-order valence-electron chi connectivity index (χ0n) is 14.5. The third kappa shape index (κ3) is 9.04. The molecule has 0 heterocycles. The van der Waals surface area contributed by atoms with E-state index in [9.17, 15) is 14.4 Å². The first kappa shape index (κ1) is 21.5. The van der Waals surface area contributed by atoms with E-state index < -0.39 is 18.6 Å². The highest BCUT2D eigenvalue weighted by Crippen LogP contribution is 2.12. The largest absolute Gasteiger partial charge is 0.449 e. The normalized spacial score (nSPS) is 11.0. The number of allylic oxidation sites excluding steroid dienone is 1. The van der Waals surface area contributed by atoms with E-state index in [1.807, 2.05) is 30.3 Å². The molecule has 1 N–H and O–H groups in total. The van der Waals surface area contributed by atoms with Gasteiger partial charge in [-0.2, -0.15) is 5.26 Å². The SMILES string of the molecule is C=CCCC(=O)N[C@@H](CC(=O)SCCc1ccccc1)C(=O)OCC#N. The van der Waals surface area contributed by atoms with Crippen molar-refractivity contribution in [3.8, 4) is 6.07 Å². The van der Waals surface area contributed by atoms with E-state index in [-0.39, 0.29) is 23.9 Å². The maximum Gasteiger partial charge on any atom is 0.330 e. The number of carbonyl (C=O) groups excluding carboxylic acids is 3. The zero-order chi connectivity index (χ0) is 19.2. The Balaban J connectivity index is 2.52. The summed E-state index contributed by atoms with van der Waals surface area (Å²) in [4.78, 5) is 35.9. The lowest BCUT2D eigenvalue weighted by Crippen LogP contribution is -2.43. The van der Waals surface area contributed by atoms with E-state index in [1.54, 1.807) is 12.1 Å². The van der Waals surface area contributed by atoms with Gasteiger partial charge >= 0.3 is 5.97 Å². The number of hydrogen-bond acceptors (Lipinski definition) is 6. The highest BCUT2D eigenvalue weighted by Gasteiger charge is 2.25. The van der Waals surface area contributed by atoms with Crippen LogP contribution in [-0.2, 0) is 25.5 Å². The lowest BCUT2D eigenvalue weighted by molar-refractivity contribution is -0.147. The Morgan fingerprint density at radius 2 is 2.04 bits per heavy atom. The highest BCUT2D eigenvalue weighted by molar-refractivity contribution is 8.13. The van der Waals surface area contributed by atoms with Crippen LogP contribution in [0.5, 0.6) is 0 Å². The quantitative estimate of drug-likeness (QED) is 0.472. The molecule has 0 spiro atoms. The smallest absolute Gasteiger partial charge is 0.330 e. The standard InChI is InChI=1S/C19H22N2O4S/c1-2-3-9-17(22)21-16(19(24)25-12-11-20)14-18(23)26-13-10-15-7-5-4-6-8-15/h2,4-8,16H,1,3,9-10,12-14H2,(H,21,22)/t16-/m0/s1. The summed E-state index contributed by atoms with van der Waals surface area (Å²) in [6.45, 7) is 3.11. The monoisotopic (exact) mass is 374 g/mol. The van der Waals surface area contributed by atoms with E-state index >= 15 is 0 Å². The van der Waals surface area contributed by atoms with Crippen molar-refractivity contribution in [1.82, 2.24) is 5.32 Å². The fourth-order valence-electron chi connectivity index (χ4n) is 2.05. The van der Waals surface area contributed by atoms with Crippen molar-refractivity contribution in [2.75, 3.05) is 12.4 Å². The third-order valence-electron chi connectivity index (χ3n) is 3.34. The Morgan fingerprint density at radius 1 is 1.31 bits per heavy atom. The van der Waals surface area contributed by atoms with Gasteiger partial charge in [0.2, 0.25) is 5.91 Å². The van der Waals surface area contributed by atoms with Crippen molar-refractivity contribution >= 4 is 28.8 Å². The summed E-state index contributed by atoms with van der Waals surface area (Å²) < 4.78 is 4.74. The Bertz CT molecular complexity index is 655. The van der Waals surface area contributed by atoms with Gasteiger partial charge in [-0.3, -0.25) is 9.59 Å². The minimum Gasteiger partial charge on any atom is -0.449 e. The maximum absolute atomic E-state index is 12.1. The molecule has 0 bridgehead atoms. The van der Waals surface area contributed by atoms with Gasteiger partial charge in [0.1, 0.15) is 12.1 Å². The first-order valence-corrected chi connectivity index (χ1v) is 9.18. The van der Waals surface area contributed by atoms with Gasteiger partial charge in [-0.15, -0.1) is 6.58 Å². The zero-order valence-corrected chi connectivity index (χ0v) is 15.3. The van der Waals surface area contributed by atoms with Crippen LogP contribution < -0.4 is 5.32 Å². The molecule has 1 rings (SSSR count). The first-order chi connectivity index (χ1) is 12.6. The number of esters is 1. The topological polar surface area (TPSA) is 96.3 Å². The van der Waals surface area contributed by atoms with Crippen LogP contribution in [-0.4, -0.2) is 35.4 Å². The lowest BCUT2D eigenvalue weighted by atomic mass is 10.2. The number of thioether (sulfide) groups is 1.